The van der Waals surface area contributed by atoms with Gasteiger partial charge in [0.15, 0.2) is 11.2 Å². The topological polar surface area (TPSA) is 119 Å². The highest BCUT2D eigenvalue weighted by atomic mass is 16.4. The number of benzene rings is 1. The molecular formula is C15H16N4O5. The lowest BCUT2D eigenvalue weighted by Crippen LogP contribution is -2.37. The van der Waals surface area contributed by atoms with Crippen molar-refractivity contribution in [3.8, 4) is 5.75 Å². The number of carboxylic acid groups (broad SMARTS) is 1. The van der Waals surface area contributed by atoms with Gasteiger partial charge in [0, 0.05) is 21.1 Å². The summed E-state index contributed by atoms with van der Waals surface area (Å²) >= 11 is 0. The number of carboxylic acids is 1. The lowest BCUT2D eigenvalue weighted by atomic mass is 10.2. The van der Waals surface area contributed by atoms with Gasteiger partial charge in [-0.25, -0.2) is 14.6 Å². The molecule has 9 nitrogen and oxygen atoms in total. The van der Waals surface area contributed by atoms with Crippen LogP contribution in [0.3, 0.4) is 0 Å². The fraction of sp³-hybridized carbons (Fsp3) is 0.200. The van der Waals surface area contributed by atoms with Crippen LogP contribution in [0, 0.1) is 0 Å². The molecule has 0 unspecified atom stereocenters. The minimum atomic E-state index is -0.986. The van der Waals surface area contributed by atoms with Crippen molar-refractivity contribution in [1.29, 1.82) is 0 Å². The molecule has 0 aliphatic rings. The first-order valence-electron chi connectivity index (χ1n) is 6.83. The third-order valence-corrected chi connectivity index (χ3v) is 3.43. The highest BCUT2D eigenvalue weighted by Crippen LogP contribution is 2.08. The molecule has 0 bridgehead atoms. The second-order valence-electron chi connectivity index (χ2n) is 5.09. The number of nitrogens with zero attached hydrogens (tertiary/aromatic N) is 4. The Morgan fingerprint density at radius 1 is 1.04 bits per heavy atom. The van der Waals surface area contributed by atoms with Gasteiger partial charge in [-0.05, 0) is 24.3 Å². The second kappa shape index (κ2) is 6.41. The van der Waals surface area contributed by atoms with E-state index >= 15 is 0 Å². The monoisotopic (exact) mass is 332 g/mol. The van der Waals surface area contributed by atoms with Crippen molar-refractivity contribution in [3.05, 3.63) is 57.0 Å². The van der Waals surface area contributed by atoms with Gasteiger partial charge in [0.1, 0.15) is 5.75 Å². The predicted octanol–water partition coefficient (Wildman–Crippen LogP) is 0.0611. The van der Waals surface area contributed by atoms with Gasteiger partial charge in [-0.3, -0.25) is 13.9 Å². The number of aryl methyl sites for hydroxylation is 2. The molecule has 9 heteroatoms. The fourth-order valence-corrected chi connectivity index (χ4v) is 2.08. The fourth-order valence-electron chi connectivity index (χ4n) is 2.08. The molecule has 0 fully saturated rings. The maximum absolute atomic E-state index is 11.7. The Labute approximate surface area is 135 Å². The van der Waals surface area contributed by atoms with Crippen molar-refractivity contribution in [3.63, 3.8) is 0 Å². The van der Waals surface area contributed by atoms with Crippen LogP contribution in [0.1, 0.15) is 10.4 Å². The molecule has 3 rings (SSSR count). The van der Waals surface area contributed by atoms with E-state index < -0.39 is 5.97 Å². The molecule has 0 aliphatic carbocycles. The number of phenolic OH excluding ortho intramolecular Hbond substituents is 1. The molecule has 0 saturated carbocycles. The molecule has 2 N–H and O–H groups in total. The largest absolute Gasteiger partial charge is 0.508 e. The third-order valence-electron chi connectivity index (χ3n) is 3.43. The third kappa shape index (κ3) is 3.05. The van der Waals surface area contributed by atoms with E-state index in [1.807, 2.05) is 0 Å². The van der Waals surface area contributed by atoms with E-state index in [0.717, 1.165) is 4.57 Å². The molecule has 0 aliphatic heterocycles. The van der Waals surface area contributed by atoms with Crippen LogP contribution in [-0.4, -0.2) is 34.9 Å². The molecule has 0 spiro atoms. The zero-order valence-corrected chi connectivity index (χ0v) is 13.3. The quantitative estimate of drug-likeness (QED) is 0.650. The van der Waals surface area contributed by atoms with Crippen molar-refractivity contribution in [1.82, 2.24) is 18.7 Å². The van der Waals surface area contributed by atoms with E-state index in [1.54, 1.807) is 18.7 Å². The predicted molar refractivity (Wildman–Crippen MR) is 86.3 cm³/mol. The molecule has 1 aromatic carbocycles. The molecule has 2 heterocycles. The Balaban J connectivity index is 0.000000185. The number of hydrogen-bond donors (Lipinski definition) is 2. The Hall–Kier alpha value is -3.36. The number of hydrogen-bond acceptors (Lipinski definition) is 5. The summed E-state index contributed by atoms with van der Waals surface area (Å²) in [5, 5.41) is 17.1. The van der Waals surface area contributed by atoms with Gasteiger partial charge in [-0.15, -0.1) is 0 Å². The van der Waals surface area contributed by atoms with Crippen LogP contribution >= 0.6 is 0 Å². The summed E-state index contributed by atoms with van der Waals surface area (Å²) in [5.41, 5.74) is 0.359. The van der Waals surface area contributed by atoms with Gasteiger partial charge in [0.05, 0.1) is 11.9 Å². The average molecular weight is 332 g/mol. The highest BCUT2D eigenvalue weighted by Gasteiger charge is 2.11. The zero-order chi connectivity index (χ0) is 18.0. The van der Waals surface area contributed by atoms with E-state index in [4.69, 9.17) is 10.2 Å². The molecule has 0 atom stereocenters. The first-order valence-corrected chi connectivity index (χ1v) is 6.83. The van der Waals surface area contributed by atoms with E-state index in [9.17, 15) is 14.4 Å². The summed E-state index contributed by atoms with van der Waals surface area (Å²) in [6.07, 6.45) is 1.52. The van der Waals surface area contributed by atoms with Gasteiger partial charge in [-0.2, -0.15) is 0 Å². The van der Waals surface area contributed by atoms with Crippen LogP contribution in [-0.2, 0) is 21.1 Å². The van der Waals surface area contributed by atoms with Crippen LogP contribution < -0.4 is 11.2 Å². The standard InChI is InChI=1S/C8H10N4O2.C7H6O3/c1-10-4-9-6-5(10)7(13)12(3)8(14)11(6)2;8-6-3-1-5(2-4-6)7(9)10/h4H,1-3H3;1-4,8H,(H,9,10). The van der Waals surface area contributed by atoms with Crippen LogP contribution in [0.2, 0.25) is 0 Å². The summed E-state index contributed by atoms with van der Waals surface area (Å²) in [7, 11) is 4.77. The van der Waals surface area contributed by atoms with E-state index in [-0.39, 0.29) is 22.6 Å². The lowest BCUT2D eigenvalue weighted by Gasteiger charge is -2.02. The molecule has 2 aromatic heterocycles. The smallest absolute Gasteiger partial charge is 0.335 e. The summed E-state index contributed by atoms with van der Waals surface area (Å²) in [6.45, 7) is 0. The Kier molecular flexibility index (Phi) is 4.54. The van der Waals surface area contributed by atoms with Crippen LogP contribution in [0.15, 0.2) is 40.2 Å². The number of aromatic carboxylic acids is 1. The molecule has 0 saturated heterocycles. The first-order chi connectivity index (χ1) is 11.2. The number of aromatic hydroxyl groups is 1. The molecule has 3 aromatic rings. The number of phenols is 1. The first kappa shape index (κ1) is 17.0. The molecule has 126 valence electrons. The summed E-state index contributed by atoms with van der Waals surface area (Å²) in [6, 6.07) is 5.36. The normalized spacial score (nSPS) is 10.3. The second-order valence-corrected chi connectivity index (χ2v) is 5.09. The number of rotatable bonds is 1. The number of fused-ring (bicyclic) bond motifs is 1. The maximum atomic E-state index is 11.7. The van der Waals surface area contributed by atoms with Gasteiger partial charge >= 0.3 is 11.7 Å². The summed E-state index contributed by atoms with van der Waals surface area (Å²) in [5.74, 6) is -0.912. The van der Waals surface area contributed by atoms with Crippen molar-refractivity contribution < 1.29 is 15.0 Å². The molecule has 0 radical (unpaired) electrons. The van der Waals surface area contributed by atoms with E-state index in [2.05, 4.69) is 4.98 Å². The van der Waals surface area contributed by atoms with Crippen LogP contribution in [0.5, 0.6) is 5.75 Å². The van der Waals surface area contributed by atoms with Crippen molar-refractivity contribution in [2.75, 3.05) is 0 Å². The van der Waals surface area contributed by atoms with Gasteiger partial charge in [0.2, 0.25) is 0 Å². The van der Waals surface area contributed by atoms with Crippen LogP contribution in [0.4, 0.5) is 0 Å². The van der Waals surface area contributed by atoms with Crippen molar-refractivity contribution in [2.45, 2.75) is 0 Å². The van der Waals surface area contributed by atoms with Gasteiger partial charge in [-0.1, -0.05) is 0 Å². The molecule has 24 heavy (non-hydrogen) atoms. The zero-order valence-electron chi connectivity index (χ0n) is 13.3. The SMILES string of the molecule is Cn1c(=O)c2c(ncn2C)n(C)c1=O.O=C(O)c1ccc(O)cc1. The molecule has 0 amide bonds. The summed E-state index contributed by atoms with van der Waals surface area (Å²) in [4.78, 5) is 37.4. The number of carbonyl (C=O) groups is 1. The minimum Gasteiger partial charge on any atom is -0.508 e. The van der Waals surface area contributed by atoms with Gasteiger partial charge < -0.3 is 14.8 Å². The maximum Gasteiger partial charge on any atom is 0.335 e. The van der Waals surface area contributed by atoms with Crippen molar-refractivity contribution in [2.24, 2.45) is 21.1 Å². The number of aromatic nitrogens is 4. The summed E-state index contributed by atoms with van der Waals surface area (Å²) < 4.78 is 4.04. The minimum absolute atomic E-state index is 0.0741. The van der Waals surface area contributed by atoms with Crippen molar-refractivity contribution >= 4 is 17.1 Å². The van der Waals surface area contributed by atoms with Crippen LogP contribution in [0.25, 0.3) is 11.2 Å². The Morgan fingerprint density at radius 2 is 1.62 bits per heavy atom. The highest BCUT2D eigenvalue weighted by molar-refractivity contribution is 5.87. The molecular weight excluding hydrogens is 316 g/mol. The van der Waals surface area contributed by atoms with E-state index in [0.29, 0.717) is 11.2 Å². The lowest BCUT2D eigenvalue weighted by molar-refractivity contribution is 0.0697. The Morgan fingerprint density at radius 3 is 2.17 bits per heavy atom. The van der Waals surface area contributed by atoms with Gasteiger partial charge in [0.25, 0.3) is 5.56 Å². The Bertz CT molecular complexity index is 1010. The van der Waals surface area contributed by atoms with E-state index in [1.165, 1.54) is 42.2 Å². The number of imidazole rings is 1. The average Bonchev–Trinajstić information content (AvgIpc) is 2.94.